The molecule has 0 spiro atoms. The molecule has 9 heteroatoms. The van der Waals surface area contributed by atoms with E-state index in [0.29, 0.717) is 23.7 Å². The molecule has 1 heterocycles. The maximum atomic E-state index is 13.5. The zero-order valence-electron chi connectivity index (χ0n) is 18.6. The smallest absolute Gasteiger partial charge is 0.263 e. The summed E-state index contributed by atoms with van der Waals surface area (Å²) in [6.07, 6.45) is -0.899. The largest absolute Gasteiger partial charge is 0.477 e. The normalized spacial score (nSPS) is 15.1. The standard InChI is InChI=1S/C25H25N3O5S/c1-2-34(31,32)27-20-12-8-11-19(15-20)25(30)28-17-23(33-22-14-7-6-13-21(22)28)24(29)26-16-18-9-4-3-5-10-18/h3-15,23,27H,2,16-17H2,1H3,(H,26,29). The van der Waals surface area contributed by atoms with Crippen LogP contribution >= 0.6 is 0 Å². The molecule has 3 aromatic rings. The van der Waals surface area contributed by atoms with Crippen molar-refractivity contribution in [1.82, 2.24) is 5.32 Å². The summed E-state index contributed by atoms with van der Waals surface area (Å²) in [7, 11) is -3.49. The molecule has 0 saturated heterocycles. The summed E-state index contributed by atoms with van der Waals surface area (Å²) in [5, 5.41) is 2.86. The molecule has 4 rings (SSSR count). The van der Waals surface area contributed by atoms with Gasteiger partial charge in [-0.1, -0.05) is 48.5 Å². The Kier molecular flexibility index (Phi) is 6.83. The zero-order chi connectivity index (χ0) is 24.1. The van der Waals surface area contributed by atoms with Gasteiger partial charge in [-0.05, 0) is 42.8 Å². The third kappa shape index (κ3) is 5.37. The molecule has 1 atom stereocenters. The fraction of sp³-hybridized carbons (Fsp3) is 0.200. The number of sulfonamides is 1. The third-order valence-corrected chi connectivity index (χ3v) is 6.69. The molecule has 1 aliphatic heterocycles. The zero-order valence-corrected chi connectivity index (χ0v) is 19.4. The van der Waals surface area contributed by atoms with Crippen molar-refractivity contribution >= 4 is 33.2 Å². The number of fused-ring (bicyclic) bond motifs is 1. The number of hydrogen-bond donors (Lipinski definition) is 2. The van der Waals surface area contributed by atoms with Gasteiger partial charge in [0.05, 0.1) is 18.0 Å². The van der Waals surface area contributed by atoms with Gasteiger partial charge in [-0.15, -0.1) is 0 Å². The molecule has 0 radical (unpaired) electrons. The van der Waals surface area contributed by atoms with Gasteiger partial charge < -0.3 is 15.0 Å². The lowest BCUT2D eigenvalue weighted by atomic mass is 10.1. The molecular formula is C25H25N3O5S. The molecule has 8 nitrogen and oxygen atoms in total. The van der Waals surface area contributed by atoms with E-state index < -0.39 is 16.1 Å². The van der Waals surface area contributed by atoms with E-state index in [2.05, 4.69) is 10.0 Å². The Hall–Kier alpha value is -3.85. The van der Waals surface area contributed by atoms with E-state index in [0.717, 1.165) is 5.56 Å². The first-order chi connectivity index (χ1) is 16.4. The van der Waals surface area contributed by atoms with Gasteiger partial charge >= 0.3 is 0 Å². The van der Waals surface area contributed by atoms with Crippen molar-refractivity contribution in [2.24, 2.45) is 0 Å². The van der Waals surface area contributed by atoms with E-state index in [4.69, 9.17) is 4.74 Å². The van der Waals surface area contributed by atoms with Crippen LogP contribution in [-0.4, -0.2) is 38.6 Å². The van der Waals surface area contributed by atoms with E-state index in [1.165, 1.54) is 17.9 Å². The van der Waals surface area contributed by atoms with Gasteiger partial charge in [-0.3, -0.25) is 14.3 Å². The SMILES string of the molecule is CCS(=O)(=O)Nc1cccc(C(=O)N2CC(C(=O)NCc3ccccc3)Oc3ccccc32)c1. The second-order valence-electron chi connectivity index (χ2n) is 7.78. The number of carbonyl (C=O) groups excluding carboxylic acids is 2. The summed E-state index contributed by atoms with van der Waals surface area (Å²) in [5.74, 6) is -0.360. The monoisotopic (exact) mass is 479 g/mol. The summed E-state index contributed by atoms with van der Waals surface area (Å²) >= 11 is 0. The second kappa shape index (κ2) is 9.96. The topological polar surface area (TPSA) is 105 Å². The van der Waals surface area contributed by atoms with E-state index in [1.54, 1.807) is 42.5 Å². The highest BCUT2D eigenvalue weighted by Crippen LogP contribution is 2.34. The summed E-state index contributed by atoms with van der Waals surface area (Å²) in [5.41, 5.74) is 2.08. The predicted octanol–water partition coefficient (Wildman–Crippen LogP) is 3.17. The van der Waals surface area contributed by atoms with Crippen LogP contribution in [0.3, 0.4) is 0 Å². The summed E-state index contributed by atoms with van der Waals surface area (Å²) in [6.45, 7) is 1.89. The number of anilines is 2. The molecule has 3 aromatic carbocycles. The Morgan fingerprint density at radius 2 is 1.74 bits per heavy atom. The van der Waals surface area contributed by atoms with Crippen LogP contribution in [0.5, 0.6) is 5.75 Å². The number of ether oxygens (including phenoxy) is 1. The third-order valence-electron chi connectivity index (χ3n) is 5.38. The quantitative estimate of drug-likeness (QED) is 0.542. The lowest BCUT2D eigenvalue weighted by Gasteiger charge is -2.34. The molecule has 176 valence electrons. The highest BCUT2D eigenvalue weighted by atomic mass is 32.2. The van der Waals surface area contributed by atoms with Crippen molar-refractivity contribution in [3.63, 3.8) is 0 Å². The molecule has 34 heavy (non-hydrogen) atoms. The lowest BCUT2D eigenvalue weighted by molar-refractivity contribution is -0.128. The number of para-hydroxylation sites is 2. The van der Waals surface area contributed by atoms with Crippen molar-refractivity contribution in [3.05, 3.63) is 90.0 Å². The highest BCUT2D eigenvalue weighted by Gasteiger charge is 2.34. The van der Waals surface area contributed by atoms with Gasteiger partial charge in [-0.25, -0.2) is 8.42 Å². The molecule has 2 N–H and O–H groups in total. The van der Waals surface area contributed by atoms with Crippen molar-refractivity contribution in [1.29, 1.82) is 0 Å². The van der Waals surface area contributed by atoms with E-state index in [-0.39, 0.29) is 29.7 Å². The van der Waals surface area contributed by atoms with E-state index in [9.17, 15) is 18.0 Å². The molecule has 0 bridgehead atoms. The Morgan fingerprint density at radius 3 is 2.50 bits per heavy atom. The number of carbonyl (C=O) groups is 2. The minimum absolute atomic E-state index is 0.0153. The minimum Gasteiger partial charge on any atom is -0.477 e. The van der Waals surface area contributed by atoms with Crippen LogP contribution in [0.15, 0.2) is 78.9 Å². The van der Waals surface area contributed by atoms with Crippen LogP contribution in [0.2, 0.25) is 0 Å². The highest BCUT2D eigenvalue weighted by molar-refractivity contribution is 7.92. The fourth-order valence-electron chi connectivity index (χ4n) is 3.59. The van der Waals surface area contributed by atoms with Crippen molar-refractivity contribution < 1.29 is 22.7 Å². The van der Waals surface area contributed by atoms with Gasteiger partial charge in [0.15, 0.2) is 6.10 Å². The first kappa shape index (κ1) is 23.3. The van der Waals surface area contributed by atoms with Crippen molar-refractivity contribution in [2.75, 3.05) is 21.9 Å². The Labute approximate surface area is 198 Å². The van der Waals surface area contributed by atoms with Crippen molar-refractivity contribution in [3.8, 4) is 5.75 Å². The maximum Gasteiger partial charge on any atom is 0.263 e. The lowest BCUT2D eigenvalue weighted by Crippen LogP contribution is -2.50. The van der Waals surface area contributed by atoms with Crippen LogP contribution in [0, 0.1) is 0 Å². The number of nitrogens with one attached hydrogen (secondary N) is 2. The Bertz CT molecular complexity index is 1290. The van der Waals surface area contributed by atoms with Crippen LogP contribution in [0.25, 0.3) is 0 Å². The van der Waals surface area contributed by atoms with E-state index in [1.807, 2.05) is 30.3 Å². The number of rotatable bonds is 7. The molecule has 1 aliphatic rings. The number of amides is 2. The molecule has 1 unspecified atom stereocenters. The average Bonchev–Trinajstić information content (AvgIpc) is 2.86. The van der Waals surface area contributed by atoms with Gasteiger partial charge in [0, 0.05) is 17.8 Å². The van der Waals surface area contributed by atoms with Crippen LogP contribution in [-0.2, 0) is 21.4 Å². The van der Waals surface area contributed by atoms with Crippen molar-refractivity contribution in [2.45, 2.75) is 19.6 Å². The number of hydrogen-bond acceptors (Lipinski definition) is 5. The molecule has 0 fully saturated rings. The number of benzene rings is 3. The minimum atomic E-state index is -3.49. The maximum absolute atomic E-state index is 13.5. The Balaban J connectivity index is 1.56. The molecular weight excluding hydrogens is 454 g/mol. The first-order valence-electron chi connectivity index (χ1n) is 10.9. The van der Waals surface area contributed by atoms with Gasteiger partial charge in [0.1, 0.15) is 5.75 Å². The summed E-state index contributed by atoms with van der Waals surface area (Å²) in [6, 6.07) is 22.8. The molecule has 2 amide bonds. The molecule has 0 aliphatic carbocycles. The molecule has 0 aromatic heterocycles. The molecule has 0 saturated carbocycles. The first-order valence-corrected chi connectivity index (χ1v) is 12.5. The Morgan fingerprint density at radius 1 is 1.00 bits per heavy atom. The van der Waals surface area contributed by atoms with Gasteiger partial charge in [-0.2, -0.15) is 0 Å². The van der Waals surface area contributed by atoms with Crippen LogP contribution in [0.4, 0.5) is 11.4 Å². The number of nitrogens with zero attached hydrogens (tertiary/aromatic N) is 1. The van der Waals surface area contributed by atoms with Crippen LogP contribution < -0.4 is 19.7 Å². The fourth-order valence-corrected chi connectivity index (χ4v) is 4.22. The van der Waals surface area contributed by atoms with Gasteiger partial charge in [0.25, 0.3) is 11.8 Å². The summed E-state index contributed by atoms with van der Waals surface area (Å²) in [4.78, 5) is 27.8. The average molecular weight is 480 g/mol. The van der Waals surface area contributed by atoms with Gasteiger partial charge in [0.2, 0.25) is 10.0 Å². The predicted molar refractivity (Wildman–Crippen MR) is 130 cm³/mol. The summed E-state index contributed by atoms with van der Waals surface area (Å²) < 4.78 is 32.2. The second-order valence-corrected chi connectivity index (χ2v) is 9.79. The van der Waals surface area contributed by atoms with Crippen LogP contribution in [0.1, 0.15) is 22.8 Å². The van der Waals surface area contributed by atoms with E-state index >= 15 is 0 Å².